The van der Waals surface area contributed by atoms with Gasteiger partial charge < -0.3 is 15.0 Å². The highest BCUT2D eigenvalue weighted by molar-refractivity contribution is 5.86. The summed E-state index contributed by atoms with van der Waals surface area (Å²) in [5, 5.41) is 1.28. The van der Waals surface area contributed by atoms with Gasteiger partial charge in [0, 0.05) is 29.2 Å². The third-order valence-electron chi connectivity index (χ3n) is 6.83. The van der Waals surface area contributed by atoms with Crippen LogP contribution < -0.4 is 5.73 Å². The number of ether oxygens (including phenoxy) is 1. The topological polar surface area (TPSA) is 57.2 Å². The quantitative estimate of drug-likeness (QED) is 0.375. The number of esters is 1. The molecule has 0 spiro atoms. The highest BCUT2D eigenvalue weighted by atomic mass is 16.5. The van der Waals surface area contributed by atoms with Crippen LogP contribution >= 0.6 is 0 Å². The summed E-state index contributed by atoms with van der Waals surface area (Å²) in [6.07, 6.45) is 4.30. The molecule has 4 rings (SSSR count). The Kier molecular flexibility index (Phi) is 6.77. The van der Waals surface area contributed by atoms with Crippen LogP contribution in [0.3, 0.4) is 0 Å². The minimum atomic E-state index is -0.125. The van der Waals surface area contributed by atoms with Crippen molar-refractivity contribution in [1.29, 1.82) is 0 Å². The molecule has 2 N–H and O–H groups in total. The molecule has 1 aliphatic rings. The molecule has 0 bridgehead atoms. The van der Waals surface area contributed by atoms with E-state index in [0.717, 1.165) is 25.7 Å². The van der Waals surface area contributed by atoms with Crippen LogP contribution in [-0.4, -0.2) is 17.1 Å². The van der Waals surface area contributed by atoms with Crippen LogP contribution in [0.25, 0.3) is 10.9 Å². The first-order valence-corrected chi connectivity index (χ1v) is 11.7. The van der Waals surface area contributed by atoms with Crippen molar-refractivity contribution in [1.82, 2.24) is 4.57 Å². The van der Waals surface area contributed by atoms with Crippen LogP contribution in [0.1, 0.15) is 68.3 Å². The number of aromatic nitrogens is 1. The van der Waals surface area contributed by atoms with Crippen molar-refractivity contribution in [3.05, 3.63) is 71.4 Å². The van der Waals surface area contributed by atoms with Gasteiger partial charge in [0.2, 0.25) is 0 Å². The molecule has 0 saturated carbocycles. The average Bonchev–Trinajstić information content (AvgIpc) is 3.12. The zero-order valence-electron chi connectivity index (χ0n) is 18.7. The molecule has 3 aromatic rings. The van der Waals surface area contributed by atoms with E-state index in [1.54, 1.807) is 0 Å². The third-order valence-corrected chi connectivity index (χ3v) is 6.83. The molecule has 164 valence electrons. The summed E-state index contributed by atoms with van der Waals surface area (Å²) < 4.78 is 7.66. The van der Waals surface area contributed by atoms with Gasteiger partial charge in [-0.1, -0.05) is 68.8 Å². The number of hydrogen-bond acceptors (Lipinski definition) is 3. The van der Waals surface area contributed by atoms with Crippen LogP contribution in [0.5, 0.6) is 0 Å². The Morgan fingerprint density at radius 1 is 1.16 bits per heavy atom. The summed E-state index contributed by atoms with van der Waals surface area (Å²) in [6.45, 7) is 5.55. The average molecular weight is 419 g/mol. The fourth-order valence-electron chi connectivity index (χ4n) is 5.07. The summed E-state index contributed by atoms with van der Waals surface area (Å²) >= 11 is 0. The van der Waals surface area contributed by atoms with E-state index in [2.05, 4.69) is 73.0 Å². The monoisotopic (exact) mass is 418 g/mol. The van der Waals surface area contributed by atoms with Crippen molar-refractivity contribution in [3.8, 4) is 0 Å². The Balaban J connectivity index is 1.60. The van der Waals surface area contributed by atoms with E-state index >= 15 is 0 Å². The number of benzene rings is 2. The lowest BCUT2D eigenvalue weighted by molar-refractivity contribution is -0.144. The predicted octanol–water partition coefficient (Wildman–Crippen LogP) is 5.74. The molecule has 1 heterocycles. The largest absolute Gasteiger partial charge is 0.466 e. The maximum absolute atomic E-state index is 12.2. The number of fused-ring (bicyclic) bond motifs is 3. The van der Waals surface area contributed by atoms with Crippen molar-refractivity contribution in [2.24, 2.45) is 11.7 Å². The Morgan fingerprint density at radius 3 is 2.68 bits per heavy atom. The minimum absolute atomic E-state index is 0.0246. The van der Waals surface area contributed by atoms with Gasteiger partial charge in [-0.05, 0) is 48.3 Å². The number of para-hydroxylation sites is 1. The van der Waals surface area contributed by atoms with Gasteiger partial charge in [-0.2, -0.15) is 0 Å². The first kappa shape index (κ1) is 21.6. The van der Waals surface area contributed by atoms with Gasteiger partial charge in [-0.15, -0.1) is 0 Å². The van der Waals surface area contributed by atoms with Crippen LogP contribution in [0.2, 0.25) is 0 Å². The lowest BCUT2D eigenvalue weighted by Crippen LogP contribution is -2.29. The Bertz CT molecular complexity index is 1020. The van der Waals surface area contributed by atoms with Gasteiger partial charge in [0.1, 0.15) is 0 Å². The molecule has 3 atom stereocenters. The van der Waals surface area contributed by atoms with Crippen molar-refractivity contribution >= 4 is 16.9 Å². The summed E-state index contributed by atoms with van der Waals surface area (Å²) in [6, 6.07) is 19.2. The van der Waals surface area contributed by atoms with Crippen LogP contribution in [0.15, 0.2) is 54.6 Å². The van der Waals surface area contributed by atoms with Crippen molar-refractivity contribution in [2.75, 3.05) is 6.61 Å². The van der Waals surface area contributed by atoms with Gasteiger partial charge >= 0.3 is 5.97 Å². The third kappa shape index (κ3) is 4.54. The molecule has 2 unspecified atom stereocenters. The number of nitrogens with zero attached hydrogens (tertiary/aromatic N) is 1. The van der Waals surface area contributed by atoms with Gasteiger partial charge in [0.15, 0.2) is 0 Å². The molecule has 31 heavy (non-hydrogen) atoms. The molecule has 0 radical (unpaired) electrons. The fraction of sp³-hybridized carbons (Fsp3) is 0.444. The smallest absolute Gasteiger partial charge is 0.307 e. The van der Waals surface area contributed by atoms with E-state index in [1.165, 1.54) is 27.7 Å². The summed E-state index contributed by atoms with van der Waals surface area (Å²) in [7, 11) is 0. The van der Waals surface area contributed by atoms with Crippen LogP contribution in [0, 0.1) is 5.92 Å². The molecule has 0 amide bonds. The van der Waals surface area contributed by atoms with Crippen molar-refractivity contribution < 1.29 is 9.53 Å². The highest BCUT2D eigenvalue weighted by Crippen LogP contribution is 2.43. The number of unbranched alkanes of at least 4 members (excludes halogenated alkanes) is 1. The molecular weight excluding hydrogens is 384 g/mol. The molecule has 0 saturated heterocycles. The minimum Gasteiger partial charge on any atom is -0.466 e. The second-order valence-electron chi connectivity index (χ2n) is 8.86. The Labute approximate surface area is 185 Å². The zero-order valence-corrected chi connectivity index (χ0v) is 18.7. The lowest BCUT2D eigenvalue weighted by atomic mass is 9.75. The van der Waals surface area contributed by atoms with Gasteiger partial charge in [0.25, 0.3) is 0 Å². The van der Waals surface area contributed by atoms with Gasteiger partial charge in [-0.3, -0.25) is 4.79 Å². The molecule has 0 aliphatic heterocycles. The van der Waals surface area contributed by atoms with E-state index in [-0.39, 0.29) is 12.0 Å². The number of carbonyl (C=O) groups is 1. The number of rotatable bonds is 8. The first-order valence-electron chi connectivity index (χ1n) is 11.7. The molecule has 4 nitrogen and oxygen atoms in total. The normalized spacial score (nSPS) is 19.2. The molecule has 1 aromatic heterocycles. The van der Waals surface area contributed by atoms with Crippen LogP contribution in [0.4, 0.5) is 0 Å². The summed E-state index contributed by atoms with van der Waals surface area (Å²) in [4.78, 5) is 12.2. The summed E-state index contributed by atoms with van der Waals surface area (Å²) in [5.74, 6) is 0.833. The van der Waals surface area contributed by atoms with E-state index in [9.17, 15) is 4.79 Å². The highest BCUT2D eigenvalue weighted by Gasteiger charge is 2.33. The zero-order chi connectivity index (χ0) is 21.8. The second-order valence-corrected chi connectivity index (χ2v) is 8.86. The molecular formula is C27H34N2O2. The van der Waals surface area contributed by atoms with E-state index in [0.29, 0.717) is 31.4 Å². The summed E-state index contributed by atoms with van der Waals surface area (Å²) in [5.41, 5.74) is 11.9. The van der Waals surface area contributed by atoms with E-state index < -0.39 is 0 Å². The molecule has 4 heteroatoms. The maximum atomic E-state index is 12.2. The van der Waals surface area contributed by atoms with E-state index in [1.807, 2.05) is 0 Å². The number of hydrogen-bond donors (Lipinski definition) is 1. The standard InChI is InChI=1S/C27H34N2O2/c1-3-4-16-31-26(30)14-15-29-25-13-9-8-12-22(25)23-17-21(18-24(28)27(23)29)19(2)20-10-6-5-7-11-20/h5-13,19,21,24H,3-4,14-18,28H2,1-2H3/t19?,21?,24-/m1/s1. The van der Waals surface area contributed by atoms with Crippen LogP contribution in [-0.2, 0) is 22.5 Å². The Morgan fingerprint density at radius 2 is 1.90 bits per heavy atom. The number of carbonyl (C=O) groups excluding carboxylic acids is 1. The van der Waals surface area contributed by atoms with Gasteiger partial charge in [-0.25, -0.2) is 0 Å². The molecule has 0 fully saturated rings. The van der Waals surface area contributed by atoms with Gasteiger partial charge in [0.05, 0.1) is 13.0 Å². The first-order chi connectivity index (χ1) is 15.1. The second kappa shape index (κ2) is 9.69. The maximum Gasteiger partial charge on any atom is 0.307 e. The van der Waals surface area contributed by atoms with Crippen molar-refractivity contribution in [2.45, 2.75) is 64.5 Å². The van der Waals surface area contributed by atoms with Crippen molar-refractivity contribution in [3.63, 3.8) is 0 Å². The Hall–Kier alpha value is -2.59. The number of nitrogens with two attached hydrogens (primary N) is 1. The SMILES string of the molecule is CCCCOC(=O)CCn1c2c(c3ccccc31)CC(C(C)c1ccccc1)C[C@H]2N. The van der Waals surface area contributed by atoms with E-state index in [4.69, 9.17) is 10.5 Å². The lowest BCUT2D eigenvalue weighted by Gasteiger charge is -2.33. The molecule has 2 aromatic carbocycles. The fourth-order valence-corrected chi connectivity index (χ4v) is 5.07. The molecule has 1 aliphatic carbocycles. The number of aryl methyl sites for hydroxylation is 1. The predicted molar refractivity (Wildman–Crippen MR) is 126 cm³/mol.